The van der Waals surface area contributed by atoms with E-state index in [2.05, 4.69) is 11.6 Å². The highest BCUT2D eigenvalue weighted by atomic mass is 19.4. The summed E-state index contributed by atoms with van der Waals surface area (Å²) in [5.41, 5.74) is 6.48. The van der Waals surface area contributed by atoms with Crippen LogP contribution in [0.15, 0.2) is 41.5 Å². The maximum atomic E-state index is 13.4. The molecular formula is C25H32F3N3O2. The third kappa shape index (κ3) is 5.26. The van der Waals surface area contributed by atoms with E-state index < -0.39 is 17.3 Å². The van der Waals surface area contributed by atoms with E-state index in [1.54, 1.807) is 12.0 Å². The molecule has 0 aromatic heterocycles. The largest absolute Gasteiger partial charge is 0.484 e. The summed E-state index contributed by atoms with van der Waals surface area (Å²) < 4.78 is 44.8. The van der Waals surface area contributed by atoms with Gasteiger partial charge in [-0.3, -0.25) is 4.79 Å². The zero-order valence-electron chi connectivity index (χ0n) is 19.0. The zero-order valence-corrected chi connectivity index (χ0v) is 19.0. The summed E-state index contributed by atoms with van der Waals surface area (Å²) in [6.07, 6.45) is 1.53. The zero-order chi connectivity index (χ0) is 23.8. The summed E-state index contributed by atoms with van der Waals surface area (Å²) in [4.78, 5) is 19.9. The Morgan fingerprint density at radius 3 is 2.33 bits per heavy atom. The fourth-order valence-electron chi connectivity index (χ4n) is 5.12. The van der Waals surface area contributed by atoms with Gasteiger partial charge in [0.15, 0.2) is 5.90 Å². The molecule has 2 N–H and O–H groups in total. The first-order valence-electron chi connectivity index (χ1n) is 11.7. The predicted octanol–water partition coefficient (Wildman–Crippen LogP) is 4.88. The Hall–Kier alpha value is -2.35. The lowest BCUT2D eigenvalue weighted by molar-refractivity contribution is -0.138. The maximum absolute atomic E-state index is 13.4. The molecule has 1 aromatic rings. The van der Waals surface area contributed by atoms with Crippen LogP contribution >= 0.6 is 0 Å². The Balaban J connectivity index is 1.61. The third-order valence-electron chi connectivity index (χ3n) is 7.23. The Morgan fingerprint density at radius 2 is 1.79 bits per heavy atom. The summed E-state index contributed by atoms with van der Waals surface area (Å²) in [5, 5.41) is 0. The van der Waals surface area contributed by atoms with Crippen molar-refractivity contribution in [3.8, 4) is 0 Å². The van der Waals surface area contributed by atoms with Crippen molar-refractivity contribution in [2.75, 3.05) is 20.2 Å². The van der Waals surface area contributed by atoms with Gasteiger partial charge < -0.3 is 15.4 Å². The van der Waals surface area contributed by atoms with Gasteiger partial charge in [0.2, 0.25) is 5.91 Å². The van der Waals surface area contributed by atoms with E-state index in [1.165, 1.54) is 12.1 Å². The number of aliphatic imine (C=N–C) groups is 1. The molecule has 4 rings (SSSR count). The first-order valence-corrected chi connectivity index (χ1v) is 11.7. The van der Waals surface area contributed by atoms with E-state index >= 15 is 0 Å². The first-order chi connectivity index (χ1) is 15.6. The quantitative estimate of drug-likeness (QED) is 0.500. The second-order valence-electron chi connectivity index (χ2n) is 9.74. The van der Waals surface area contributed by atoms with Gasteiger partial charge in [0.1, 0.15) is 0 Å². The molecule has 1 aromatic carbocycles. The molecule has 2 aliphatic carbocycles. The second-order valence-corrected chi connectivity index (χ2v) is 9.74. The Bertz CT molecular complexity index is 916. The first kappa shape index (κ1) is 23.8. The number of alkyl halides is 3. The summed E-state index contributed by atoms with van der Waals surface area (Å²) in [6, 6.07) is 5.23. The van der Waals surface area contributed by atoms with E-state index in [4.69, 9.17) is 10.5 Å². The Labute approximate surface area is 192 Å². The topological polar surface area (TPSA) is 67.9 Å². The minimum atomic E-state index is -4.39. The molecule has 0 radical (unpaired) electrons. The smallest absolute Gasteiger partial charge is 0.416 e. The van der Waals surface area contributed by atoms with Crippen molar-refractivity contribution in [2.45, 2.75) is 62.6 Å². The highest BCUT2D eigenvalue weighted by Gasteiger charge is 2.44. The van der Waals surface area contributed by atoms with Gasteiger partial charge in [-0.2, -0.15) is 13.2 Å². The Morgan fingerprint density at radius 1 is 1.15 bits per heavy atom. The third-order valence-corrected chi connectivity index (χ3v) is 7.23. The maximum Gasteiger partial charge on any atom is 0.416 e. The number of nitrogens with zero attached hydrogens (tertiary/aromatic N) is 2. The van der Waals surface area contributed by atoms with Gasteiger partial charge >= 0.3 is 6.18 Å². The number of hydrogen-bond donors (Lipinski definition) is 1. The molecule has 3 fully saturated rings. The van der Waals surface area contributed by atoms with E-state index in [1.807, 2.05) is 0 Å². The molecule has 1 heterocycles. The van der Waals surface area contributed by atoms with Crippen LogP contribution in [-0.4, -0.2) is 42.4 Å². The number of hydrogen-bond acceptors (Lipinski definition) is 4. The van der Waals surface area contributed by atoms with Crippen LogP contribution in [-0.2, 0) is 15.7 Å². The van der Waals surface area contributed by atoms with Crippen LogP contribution in [0.25, 0.3) is 0 Å². The van der Waals surface area contributed by atoms with Crippen LogP contribution in [0.1, 0.15) is 62.0 Å². The van der Waals surface area contributed by atoms with Crippen molar-refractivity contribution in [2.24, 2.45) is 22.6 Å². The van der Waals surface area contributed by atoms with Gasteiger partial charge in [-0.05, 0) is 49.8 Å². The normalized spacial score (nSPS) is 25.7. The fourth-order valence-corrected chi connectivity index (χ4v) is 5.12. The summed E-state index contributed by atoms with van der Waals surface area (Å²) in [5.74, 6) is 0.500. The highest BCUT2D eigenvalue weighted by molar-refractivity contribution is 5.88. The number of nitrogens with two attached hydrogens (primary N) is 1. The van der Waals surface area contributed by atoms with Crippen LogP contribution < -0.4 is 5.73 Å². The lowest BCUT2D eigenvalue weighted by Gasteiger charge is -2.41. The molecule has 5 nitrogen and oxygen atoms in total. The molecule has 1 saturated heterocycles. The monoisotopic (exact) mass is 463 g/mol. The number of ether oxygens (including phenoxy) is 1. The molecule has 3 aliphatic rings. The highest BCUT2D eigenvalue weighted by Crippen LogP contribution is 2.39. The van der Waals surface area contributed by atoms with Crippen LogP contribution in [0.5, 0.6) is 0 Å². The number of piperidine rings is 1. The lowest BCUT2D eigenvalue weighted by Crippen LogP contribution is -2.57. The molecule has 2 saturated carbocycles. The predicted molar refractivity (Wildman–Crippen MR) is 121 cm³/mol. The van der Waals surface area contributed by atoms with Crippen molar-refractivity contribution in [3.63, 3.8) is 0 Å². The van der Waals surface area contributed by atoms with Crippen molar-refractivity contribution in [1.82, 2.24) is 4.90 Å². The van der Waals surface area contributed by atoms with Crippen molar-refractivity contribution < 1.29 is 22.7 Å². The average molecular weight is 464 g/mol. The fraction of sp³-hybridized carbons (Fsp3) is 0.600. The summed E-state index contributed by atoms with van der Waals surface area (Å²) in [7, 11) is 1.56. The Kier molecular flexibility index (Phi) is 6.58. The second kappa shape index (κ2) is 9.12. The van der Waals surface area contributed by atoms with E-state index in [-0.39, 0.29) is 17.7 Å². The standard InChI is InChI=1S/C25H32F3N3O2/c1-16(17-5-6-17)30-22(33-2)20-13-19(18-7-9-21(10-8-18)25(26,27)28)14-31(15-20)23(32)24(29)11-3-4-12-24/h7-10,17,19-20H,1,3-6,11-15,29H2,2H3. The summed E-state index contributed by atoms with van der Waals surface area (Å²) in [6.45, 7) is 4.91. The van der Waals surface area contributed by atoms with Crippen LogP contribution in [0.4, 0.5) is 13.2 Å². The molecule has 0 bridgehead atoms. The molecule has 2 unspecified atom stereocenters. The number of carbonyl (C=O) groups is 1. The van der Waals surface area contributed by atoms with Crippen LogP contribution in [0.2, 0.25) is 0 Å². The number of carbonyl (C=O) groups excluding carboxylic acids is 1. The van der Waals surface area contributed by atoms with Gasteiger partial charge in [-0.25, -0.2) is 4.99 Å². The minimum Gasteiger partial charge on any atom is -0.484 e. The minimum absolute atomic E-state index is 0.0851. The molecule has 0 spiro atoms. The number of rotatable bonds is 5. The van der Waals surface area contributed by atoms with Gasteiger partial charge in [0.05, 0.1) is 24.1 Å². The van der Waals surface area contributed by atoms with Gasteiger partial charge in [-0.1, -0.05) is 31.6 Å². The average Bonchev–Trinajstić information content (AvgIpc) is 3.56. The van der Waals surface area contributed by atoms with Crippen molar-refractivity contribution in [3.05, 3.63) is 47.7 Å². The van der Waals surface area contributed by atoms with Crippen LogP contribution in [0, 0.1) is 11.8 Å². The number of benzene rings is 1. The number of likely N-dealkylation sites (tertiary alicyclic amines) is 1. The number of allylic oxidation sites excluding steroid dienone is 1. The number of methoxy groups -OCH3 is 1. The van der Waals surface area contributed by atoms with E-state index in [9.17, 15) is 18.0 Å². The number of amides is 1. The lowest BCUT2D eigenvalue weighted by atomic mass is 9.82. The van der Waals surface area contributed by atoms with E-state index in [0.717, 1.165) is 49.1 Å². The molecule has 1 aliphatic heterocycles. The van der Waals surface area contributed by atoms with Gasteiger partial charge in [0, 0.05) is 30.6 Å². The molecule has 1 amide bonds. The molecule has 33 heavy (non-hydrogen) atoms. The van der Waals surface area contributed by atoms with Gasteiger partial charge in [0.25, 0.3) is 0 Å². The van der Waals surface area contributed by atoms with Gasteiger partial charge in [-0.15, -0.1) is 0 Å². The molecular weight excluding hydrogens is 431 g/mol. The molecule has 180 valence electrons. The van der Waals surface area contributed by atoms with E-state index in [0.29, 0.717) is 44.2 Å². The van der Waals surface area contributed by atoms with Crippen molar-refractivity contribution >= 4 is 11.8 Å². The van der Waals surface area contributed by atoms with Crippen LogP contribution in [0.3, 0.4) is 0 Å². The molecule has 8 heteroatoms. The molecule has 2 atom stereocenters. The summed E-state index contributed by atoms with van der Waals surface area (Å²) >= 11 is 0. The number of halogens is 3. The SMILES string of the molecule is C=C(N=C(OC)C1CC(c2ccc(C(F)(F)F)cc2)CN(C(=O)C2(N)CCCC2)C1)C1CC1. The van der Waals surface area contributed by atoms with Crippen molar-refractivity contribution in [1.29, 1.82) is 0 Å².